The highest BCUT2D eigenvalue weighted by molar-refractivity contribution is 6.28. The van der Waals surface area contributed by atoms with Gasteiger partial charge in [0.25, 0.3) is 0 Å². The van der Waals surface area contributed by atoms with Crippen molar-refractivity contribution in [3.63, 3.8) is 0 Å². The van der Waals surface area contributed by atoms with Crippen LogP contribution in [0.1, 0.15) is 20.8 Å². The molecule has 0 saturated carbocycles. The molecule has 2 N–H and O–H groups in total. The van der Waals surface area contributed by atoms with Crippen LogP contribution in [0.3, 0.4) is 0 Å². The van der Waals surface area contributed by atoms with Crippen molar-refractivity contribution in [3.8, 4) is 0 Å². The van der Waals surface area contributed by atoms with E-state index >= 15 is 0 Å². The van der Waals surface area contributed by atoms with Crippen LogP contribution in [-0.4, -0.2) is 39.8 Å². The van der Waals surface area contributed by atoms with Crippen LogP contribution in [-0.2, 0) is 9.53 Å². The van der Waals surface area contributed by atoms with Crippen LogP contribution < -0.4 is 5.32 Å². The van der Waals surface area contributed by atoms with Gasteiger partial charge in [-0.1, -0.05) is 13.8 Å². The van der Waals surface area contributed by atoms with Crippen molar-refractivity contribution in [3.05, 3.63) is 17.5 Å². The third-order valence-corrected chi connectivity index (χ3v) is 2.54. The molecular formula is C12H18ClN3O3. The predicted octanol–water partition coefficient (Wildman–Crippen LogP) is 2.06. The van der Waals surface area contributed by atoms with Gasteiger partial charge in [0, 0.05) is 12.8 Å². The molecule has 0 spiro atoms. The van der Waals surface area contributed by atoms with E-state index in [2.05, 4.69) is 15.3 Å². The van der Waals surface area contributed by atoms with E-state index < -0.39 is 18.1 Å². The maximum Gasteiger partial charge on any atom is 0.328 e. The van der Waals surface area contributed by atoms with E-state index in [1.54, 1.807) is 13.0 Å². The summed E-state index contributed by atoms with van der Waals surface area (Å²) in [7, 11) is 0. The molecule has 1 aromatic rings. The Morgan fingerprint density at radius 3 is 2.74 bits per heavy atom. The molecule has 7 heteroatoms. The van der Waals surface area contributed by atoms with E-state index in [4.69, 9.17) is 16.3 Å². The van der Waals surface area contributed by atoms with E-state index in [9.17, 15) is 9.90 Å². The Morgan fingerprint density at radius 2 is 2.21 bits per heavy atom. The molecule has 106 valence electrons. The molecule has 0 unspecified atom stereocenters. The zero-order valence-electron chi connectivity index (χ0n) is 11.1. The number of anilines is 1. The lowest BCUT2D eigenvalue weighted by Crippen LogP contribution is -2.41. The number of aromatic nitrogens is 2. The Bertz CT molecular complexity index is 428. The van der Waals surface area contributed by atoms with Crippen molar-refractivity contribution >= 4 is 23.4 Å². The number of carboxylic acids is 1. The van der Waals surface area contributed by atoms with Crippen molar-refractivity contribution < 1.29 is 14.6 Å². The second-order valence-electron chi connectivity index (χ2n) is 4.60. The van der Waals surface area contributed by atoms with Crippen molar-refractivity contribution in [1.29, 1.82) is 0 Å². The van der Waals surface area contributed by atoms with Crippen molar-refractivity contribution in [1.82, 2.24) is 9.97 Å². The molecule has 0 amide bonds. The smallest absolute Gasteiger partial charge is 0.328 e. The van der Waals surface area contributed by atoms with Crippen LogP contribution in [0.2, 0.25) is 5.28 Å². The van der Waals surface area contributed by atoms with Crippen LogP contribution in [0.4, 0.5) is 5.82 Å². The Hall–Kier alpha value is -1.40. The van der Waals surface area contributed by atoms with Gasteiger partial charge in [-0.05, 0) is 30.5 Å². The normalized spacial score (nSPS) is 14.2. The van der Waals surface area contributed by atoms with Gasteiger partial charge >= 0.3 is 5.97 Å². The minimum absolute atomic E-state index is 0.0601. The number of ether oxygens (including phenoxy) is 1. The van der Waals surface area contributed by atoms with Gasteiger partial charge in [0.2, 0.25) is 5.28 Å². The number of carbonyl (C=O) groups is 1. The fourth-order valence-electron chi connectivity index (χ4n) is 1.39. The van der Waals surface area contributed by atoms with E-state index in [0.29, 0.717) is 18.3 Å². The zero-order chi connectivity index (χ0) is 14.4. The molecule has 0 aliphatic heterocycles. The zero-order valence-corrected chi connectivity index (χ0v) is 11.9. The molecule has 0 aliphatic rings. The molecule has 0 radical (unpaired) electrons. The van der Waals surface area contributed by atoms with Gasteiger partial charge in [0.05, 0.1) is 6.10 Å². The van der Waals surface area contributed by atoms with Gasteiger partial charge < -0.3 is 15.2 Å². The average molecular weight is 288 g/mol. The lowest BCUT2D eigenvalue weighted by Gasteiger charge is -2.23. The predicted molar refractivity (Wildman–Crippen MR) is 72.3 cm³/mol. The molecule has 0 fully saturated rings. The first kappa shape index (κ1) is 15.7. The first-order chi connectivity index (χ1) is 8.90. The quantitative estimate of drug-likeness (QED) is 0.747. The average Bonchev–Trinajstić information content (AvgIpc) is 2.32. The molecule has 1 rings (SSSR count). The van der Waals surface area contributed by atoms with Crippen molar-refractivity contribution in [2.75, 3.05) is 11.9 Å². The second kappa shape index (κ2) is 7.25. The highest BCUT2D eigenvalue weighted by atomic mass is 35.5. The minimum atomic E-state index is -1.01. The molecule has 1 heterocycles. The standard InChI is InChI=1S/C12H18ClN3O3/c1-7(2)6-19-8(3)10(11(17)18)15-9-4-5-14-12(13)16-9/h4-5,7-8,10H,6H2,1-3H3,(H,17,18)(H,14,15,16)/t8-,10+/m1/s1. The van der Waals surface area contributed by atoms with Crippen LogP contribution in [0.5, 0.6) is 0 Å². The number of halogens is 1. The molecule has 6 nitrogen and oxygen atoms in total. The van der Waals surface area contributed by atoms with E-state index in [0.717, 1.165) is 0 Å². The number of rotatable bonds is 7. The topological polar surface area (TPSA) is 84.3 Å². The van der Waals surface area contributed by atoms with Gasteiger partial charge in [0.1, 0.15) is 5.82 Å². The number of nitrogens with zero attached hydrogens (tertiary/aromatic N) is 2. The molecule has 2 atom stereocenters. The molecule has 1 aromatic heterocycles. The van der Waals surface area contributed by atoms with E-state index in [1.807, 2.05) is 13.8 Å². The summed E-state index contributed by atoms with van der Waals surface area (Å²) in [5.74, 6) is -0.316. The third-order valence-electron chi connectivity index (χ3n) is 2.36. The van der Waals surface area contributed by atoms with Gasteiger partial charge in [-0.15, -0.1) is 0 Å². The lowest BCUT2D eigenvalue weighted by molar-refractivity contribution is -0.141. The second-order valence-corrected chi connectivity index (χ2v) is 4.94. The van der Waals surface area contributed by atoms with Gasteiger partial charge in [-0.25, -0.2) is 14.8 Å². The van der Waals surface area contributed by atoms with Gasteiger partial charge in [-0.3, -0.25) is 0 Å². The van der Waals surface area contributed by atoms with Crippen LogP contribution in [0.25, 0.3) is 0 Å². The number of carboxylic acid groups (broad SMARTS) is 1. The number of nitrogens with one attached hydrogen (secondary N) is 1. The van der Waals surface area contributed by atoms with Crippen molar-refractivity contribution in [2.24, 2.45) is 5.92 Å². The summed E-state index contributed by atoms with van der Waals surface area (Å²) in [5, 5.41) is 12.1. The summed E-state index contributed by atoms with van der Waals surface area (Å²) in [4.78, 5) is 18.9. The maximum absolute atomic E-state index is 11.3. The lowest BCUT2D eigenvalue weighted by atomic mass is 10.1. The van der Waals surface area contributed by atoms with Gasteiger partial charge in [0.15, 0.2) is 6.04 Å². The number of aliphatic carboxylic acids is 1. The summed E-state index contributed by atoms with van der Waals surface area (Å²) in [6, 6.07) is 0.654. The Morgan fingerprint density at radius 1 is 1.53 bits per heavy atom. The fourth-order valence-corrected chi connectivity index (χ4v) is 1.54. The molecule has 19 heavy (non-hydrogen) atoms. The minimum Gasteiger partial charge on any atom is -0.480 e. The number of hydrogen-bond acceptors (Lipinski definition) is 5. The van der Waals surface area contributed by atoms with E-state index in [-0.39, 0.29) is 5.28 Å². The van der Waals surface area contributed by atoms with E-state index in [1.165, 1.54) is 6.20 Å². The molecule has 0 aliphatic carbocycles. The van der Waals surface area contributed by atoms with Crippen LogP contribution in [0.15, 0.2) is 12.3 Å². The first-order valence-corrected chi connectivity index (χ1v) is 6.37. The largest absolute Gasteiger partial charge is 0.480 e. The highest BCUT2D eigenvalue weighted by Crippen LogP contribution is 2.11. The molecular weight excluding hydrogens is 270 g/mol. The highest BCUT2D eigenvalue weighted by Gasteiger charge is 2.26. The Balaban J connectivity index is 2.70. The Kier molecular flexibility index (Phi) is 5.98. The number of hydrogen-bond donors (Lipinski definition) is 2. The molecule has 0 saturated heterocycles. The first-order valence-electron chi connectivity index (χ1n) is 5.99. The fraction of sp³-hybridized carbons (Fsp3) is 0.583. The van der Waals surface area contributed by atoms with Crippen LogP contribution in [0, 0.1) is 5.92 Å². The SMILES string of the molecule is CC(C)CO[C@H](C)[C@H](Nc1ccnc(Cl)n1)C(=O)O. The third kappa shape index (κ3) is 5.40. The van der Waals surface area contributed by atoms with Crippen LogP contribution >= 0.6 is 11.6 Å². The summed E-state index contributed by atoms with van der Waals surface area (Å²) < 4.78 is 5.51. The molecule has 0 aromatic carbocycles. The Labute approximate surface area is 117 Å². The summed E-state index contributed by atoms with van der Waals surface area (Å²) in [5.41, 5.74) is 0. The summed E-state index contributed by atoms with van der Waals surface area (Å²) in [6.45, 7) is 6.20. The monoisotopic (exact) mass is 287 g/mol. The summed E-state index contributed by atoms with van der Waals surface area (Å²) in [6.07, 6.45) is 0.963. The van der Waals surface area contributed by atoms with Crippen molar-refractivity contribution in [2.45, 2.75) is 32.9 Å². The summed E-state index contributed by atoms with van der Waals surface area (Å²) >= 11 is 5.65. The maximum atomic E-state index is 11.3. The van der Waals surface area contributed by atoms with Gasteiger partial charge in [-0.2, -0.15) is 0 Å². The molecule has 0 bridgehead atoms.